The molecule has 60 heavy (non-hydrogen) atoms. The van der Waals surface area contributed by atoms with Crippen LogP contribution in [-0.4, -0.2) is 0 Å². The van der Waals surface area contributed by atoms with E-state index in [1.807, 2.05) is 0 Å². The highest BCUT2D eigenvalue weighted by atomic mass is 16.3. The number of hydrogen-bond acceptors (Lipinski definition) is 2. The van der Waals surface area contributed by atoms with E-state index in [0.29, 0.717) is 0 Å². The van der Waals surface area contributed by atoms with Crippen molar-refractivity contribution in [3.05, 3.63) is 237 Å². The van der Waals surface area contributed by atoms with E-state index in [9.17, 15) is 0 Å². The van der Waals surface area contributed by atoms with Crippen molar-refractivity contribution in [2.45, 2.75) is 0 Å². The van der Waals surface area contributed by atoms with Gasteiger partial charge < -0.3 is 9.32 Å². The molecule has 1 heterocycles. The first-order valence-corrected chi connectivity index (χ1v) is 20.5. The number of para-hydroxylation sites is 1. The molecule has 2 heteroatoms. The van der Waals surface area contributed by atoms with Crippen molar-refractivity contribution in [2.75, 3.05) is 4.90 Å². The monoisotopic (exact) mass is 765 g/mol. The molecule has 0 aliphatic carbocycles. The molecular weight excluding hydrogens is 727 g/mol. The van der Waals surface area contributed by atoms with Gasteiger partial charge in [0.15, 0.2) is 0 Å². The highest BCUT2D eigenvalue weighted by Gasteiger charge is 2.23. The number of rotatable bonds is 8. The minimum absolute atomic E-state index is 0.886. The molecule has 0 atom stereocenters. The standard InChI is InChI=1S/C58H39NO/c1-6-18-40(19-7-1)46-36-47(41-20-8-2-9-21-41)38-50(37-46)59(48-26-14-5-15-27-48)49-33-30-42(31-34-49)45-32-35-52-51-28-16-17-29-53(51)56-55(43-22-10-3-11-23-43)57(44-24-12-4-13-25-44)60-58(56)54(52)39-45/h1-39H. The Morgan fingerprint density at radius 2 is 0.717 bits per heavy atom. The molecule has 0 amide bonds. The number of nitrogens with zero attached hydrogens (tertiary/aromatic N) is 1. The minimum atomic E-state index is 0.886. The summed E-state index contributed by atoms with van der Waals surface area (Å²) in [7, 11) is 0. The van der Waals surface area contributed by atoms with Gasteiger partial charge in [-0.3, -0.25) is 0 Å². The van der Waals surface area contributed by atoms with Gasteiger partial charge in [-0.2, -0.15) is 0 Å². The van der Waals surface area contributed by atoms with Crippen molar-refractivity contribution < 1.29 is 4.42 Å². The normalized spacial score (nSPS) is 11.3. The van der Waals surface area contributed by atoms with Crippen LogP contribution in [0.1, 0.15) is 0 Å². The fourth-order valence-corrected chi connectivity index (χ4v) is 8.80. The van der Waals surface area contributed by atoms with E-state index in [0.717, 1.165) is 67.0 Å². The van der Waals surface area contributed by atoms with Crippen LogP contribution in [0.3, 0.4) is 0 Å². The Kier molecular flexibility index (Phi) is 8.87. The molecule has 0 saturated carbocycles. The van der Waals surface area contributed by atoms with E-state index in [1.165, 1.54) is 38.4 Å². The zero-order valence-electron chi connectivity index (χ0n) is 32.9. The molecular formula is C58H39NO. The molecule has 0 unspecified atom stereocenters. The van der Waals surface area contributed by atoms with Gasteiger partial charge in [-0.15, -0.1) is 0 Å². The Labute approximate surface area is 349 Å². The molecule has 2 nitrogen and oxygen atoms in total. The van der Waals surface area contributed by atoms with Gasteiger partial charge in [-0.25, -0.2) is 0 Å². The smallest absolute Gasteiger partial charge is 0.143 e. The average molecular weight is 766 g/mol. The van der Waals surface area contributed by atoms with Crippen LogP contribution >= 0.6 is 0 Å². The molecule has 0 fully saturated rings. The van der Waals surface area contributed by atoms with Crippen molar-refractivity contribution in [1.29, 1.82) is 0 Å². The van der Waals surface area contributed by atoms with Crippen LogP contribution in [-0.2, 0) is 0 Å². The molecule has 1 aromatic heterocycles. The van der Waals surface area contributed by atoms with Crippen LogP contribution in [0, 0.1) is 0 Å². The summed E-state index contributed by atoms with van der Waals surface area (Å²) in [6, 6.07) is 84.6. The zero-order valence-corrected chi connectivity index (χ0v) is 32.9. The van der Waals surface area contributed by atoms with E-state index in [2.05, 4.69) is 241 Å². The summed E-state index contributed by atoms with van der Waals surface area (Å²) >= 11 is 0. The van der Waals surface area contributed by atoms with E-state index < -0.39 is 0 Å². The first-order valence-electron chi connectivity index (χ1n) is 20.5. The van der Waals surface area contributed by atoms with E-state index in [4.69, 9.17) is 4.42 Å². The first-order chi connectivity index (χ1) is 29.8. The van der Waals surface area contributed by atoms with Crippen molar-refractivity contribution in [2.24, 2.45) is 0 Å². The van der Waals surface area contributed by atoms with E-state index in [1.54, 1.807) is 0 Å². The van der Waals surface area contributed by atoms with Crippen molar-refractivity contribution in [3.63, 3.8) is 0 Å². The second kappa shape index (κ2) is 15.1. The van der Waals surface area contributed by atoms with Gasteiger partial charge in [-0.1, -0.05) is 188 Å². The van der Waals surface area contributed by atoms with Crippen LogP contribution < -0.4 is 4.90 Å². The maximum Gasteiger partial charge on any atom is 0.143 e. The van der Waals surface area contributed by atoms with Crippen molar-refractivity contribution >= 4 is 49.6 Å². The summed E-state index contributed by atoms with van der Waals surface area (Å²) in [6.45, 7) is 0. The highest BCUT2D eigenvalue weighted by Crippen LogP contribution is 2.48. The minimum Gasteiger partial charge on any atom is -0.455 e. The molecule has 282 valence electrons. The van der Waals surface area contributed by atoms with Crippen LogP contribution in [0.4, 0.5) is 17.1 Å². The summed E-state index contributed by atoms with van der Waals surface area (Å²) in [6.07, 6.45) is 0. The summed E-state index contributed by atoms with van der Waals surface area (Å²) in [5.41, 5.74) is 14.5. The van der Waals surface area contributed by atoms with Gasteiger partial charge in [-0.05, 0) is 104 Å². The quantitative estimate of drug-likeness (QED) is 0.143. The number of fused-ring (bicyclic) bond motifs is 6. The van der Waals surface area contributed by atoms with Gasteiger partial charge in [0.2, 0.25) is 0 Å². The SMILES string of the molecule is c1ccc(-c2cc(-c3ccccc3)cc(N(c3ccccc3)c3ccc(-c4ccc5c6ccccc6c6c(-c7ccccc7)c(-c7ccccc7)oc6c5c4)cc3)c2)cc1. The third-order valence-electron chi connectivity index (χ3n) is 11.6. The maximum atomic E-state index is 7.08. The molecule has 0 aliphatic heterocycles. The second-order valence-corrected chi connectivity index (χ2v) is 15.3. The third-order valence-corrected chi connectivity index (χ3v) is 11.6. The molecule has 0 saturated heterocycles. The Balaban J connectivity index is 1.07. The van der Waals surface area contributed by atoms with Gasteiger partial charge in [0, 0.05) is 39.0 Å². The van der Waals surface area contributed by atoms with Crippen molar-refractivity contribution in [1.82, 2.24) is 0 Å². The lowest BCUT2D eigenvalue weighted by Crippen LogP contribution is -2.10. The molecule has 11 rings (SSSR count). The third kappa shape index (κ3) is 6.32. The van der Waals surface area contributed by atoms with Gasteiger partial charge in [0.1, 0.15) is 11.3 Å². The highest BCUT2D eigenvalue weighted by molar-refractivity contribution is 6.28. The van der Waals surface area contributed by atoms with Gasteiger partial charge in [0.25, 0.3) is 0 Å². The molecule has 0 spiro atoms. The fourth-order valence-electron chi connectivity index (χ4n) is 8.80. The Morgan fingerprint density at radius 3 is 1.32 bits per heavy atom. The molecule has 0 bridgehead atoms. The Morgan fingerprint density at radius 1 is 0.267 bits per heavy atom. The predicted molar refractivity (Wildman–Crippen MR) is 253 cm³/mol. The van der Waals surface area contributed by atoms with E-state index >= 15 is 0 Å². The average Bonchev–Trinajstić information content (AvgIpc) is 3.75. The number of hydrogen-bond donors (Lipinski definition) is 0. The largest absolute Gasteiger partial charge is 0.455 e. The fraction of sp³-hybridized carbons (Fsp3) is 0. The molecule has 0 radical (unpaired) electrons. The zero-order chi connectivity index (χ0) is 39.8. The molecule has 0 aliphatic rings. The topological polar surface area (TPSA) is 16.4 Å². The number of benzene rings is 10. The maximum absolute atomic E-state index is 7.08. The molecule has 11 aromatic rings. The van der Waals surface area contributed by atoms with Gasteiger partial charge >= 0.3 is 0 Å². The predicted octanol–water partition coefficient (Wildman–Crippen LogP) is 16.5. The lowest BCUT2D eigenvalue weighted by atomic mass is 9.91. The van der Waals surface area contributed by atoms with Crippen molar-refractivity contribution in [3.8, 4) is 55.8 Å². The van der Waals surface area contributed by atoms with Crippen LogP contribution in [0.15, 0.2) is 241 Å². The summed E-state index contributed by atoms with van der Waals surface area (Å²) in [5.74, 6) is 0.886. The van der Waals surface area contributed by atoms with Crippen LogP contribution in [0.25, 0.3) is 88.3 Å². The van der Waals surface area contributed by atoms with Crippen LogP contribution in [0.2, 0.25) is 0 Å². The lowest BCUT2D eigenvalue weighted by Gasteiger charge is -2.27. The van der Waals surface area contributed by atoms with Gasteiger partial charge in [0.05, 0.1) is 0 Å². The Hall–Kier alpha value is -7.94. The van der Waals surface area contributed by atoms with E-state index in [-0.39, 0.29) is 0 Å². The summed E-state index contributed by atoms with van der Waals surface area (Å²) in [4.78, 5) is 2.36. The number of anilines is 3. The first kappa shape index (κ1) is 35.2. The summed E-state index contributed by atoms with van der Waals surface area (Å²) < 4.78 is 7.08. The molecule has 10 aromatic carbocycles. The summed E-state index contributed by atoms with van der Waals surface area (Å²) in [5, 5.41) is 5.82. The molecule has 0 N–H and O–H groups in total. The number of furan rings is 1. The van der Waals surface area contributed by atoms with Crippen LogP contribution in [0.5, 0.6) is 0 Å². The Bertz CT molecular complexity index is 3210. The lowest BCUT2D eigenvalue weighted by molar-refractivity contribution is 0.636. The second-order valence-electron chi connectivity index (χ2n) is 15.3.